The standard InChI is InChI=1S/C26H25N3O3S3/c1-33-23-8-4-5-9-24(23)35(31,32)29-14-12-19(13-15-29)25(30)28-26-27-22(17-34-26)21-11-10-18-6-2-3-7-20(18)16-21/h2-11,16-17,19H,12-15H2,1H3,(H,27,28,30). The van der Waals surface area contributed by atoms with Crippen LogP contribution in [0.15, 0.2) is 81.9 Å². The number of amides is 1. The first-order valence-electron chi connectivity index (χ1n) is 11.3. The zero-order chi connectivity index (χ0) is 24.4. The van der Waals surface area contributed by atoms with Gasteiger partial charge in [0.05, 0.1) is 10.6 Å². The number of nitrogens with zero attached hydrogens (tertiary/aromatic N) is 2. The normalized spacial score (nSPS) is 15.3. The molecular weight excluding hydrogens is 499 g/mol. The Morgan fingerprint density at radius 3 is 2.51 bits per heavy atom. The molecule has 0 aliphatic carbocycles. The van der Waals surface area contributed by atoms with Crippen molar-refractivity contribution in [3.05, 3.63) is 72.1 Å². The molecule has 1 saturated heterocycles. The SMILES string of the molecule is CSc1ccccc1S(=O)(=O)N1CCC(C(=O)Nc2nc(-c3ccc4ccccc4c3)cs2)CC1. The molecule has 6 nitrogen and oxygen atoms in total. The number of anilines is 1. The quantitative estimate of drug-likeness (QED) is 0.327. The Balaban J connectivity index is 1.22. The molecule has 180 valence electrons. The Bertz CT molecular complexity index is 1480. The van der Waals surface area contributed by atoms with E-state index in [1.807, 2.05) is 42.0 Å². The third kappa shape index (κ3) is 4.99. The molecule has 1 aliphatic heterocycles. The van der Waals surface area contributed by atoms with Gasteiger partial charge < -0.3 is 5.32 Å². The van der Waals surface area contributed by atoms with Gasteiger partial charge in [-0.3, -0.25) is 4.79 Å². The lowest BCUT2D eigenvalue weighted by Gasteiger charge is -2.30. The Hall–Kier alpha value is -2.72. The lowest BCUT2D eigenvalue weighted by Crippen LogP contribution is -2.41. The van der Waals surface area contributed by atoms with E-state index in [9.17, 15) is 13.2 Å². The minimum atomic E-state index is -3.59. The lowest BCUT2D eigenvalue weighted by atomic mass is 9.97. The number of fused-ring (bicyclic) bond motifs is 1. The smallest absolute Gasteiger partial charge is 0.244 e. The van der Waals surface area contributed by atoms with E-state index >= 15 is 0 Å². The van der Waals surface area contributed by atoms with Crippen LogP contribution in [0, 0.1) is 5.92 Å². The van der Waals surface area contributed by atoms with Crippen molar-refractivity contribution >= 4 is 54.9 Å². The molecule has 1 aliphatic rings. The van der Waals surface area contributed by atoms with Gasteiger partial charge in [-0.25, -0.2) is 13.4 Å². The van der Waals surface area contributed by atoms with Crippen LogP contribution in [-0.4, -0.2) is 43.0 Å². The summed E-state index contributed by atoms with van der Waals surface area (Å²) < 4.78 is 27.8. The predicted molar refractivity (Wildman–Crippen MR) is 143 cm³/mol. The van der Waals surface area contributed by atoms with E-state index in [1.54, 1.807) is 12.1 Å². The number of hydrogen-bond donors (Lipinski definition) is 1. The van der Waals surface area contributed by atoms with Crippen molar-refractivity contribution in [2.75, 3.05) is 24.7 Å². The van der Waals surface area contributed by atoms with Crippen LogP contribution in [0.4, 0.5) is 5.13 Å². The van der Waals surface area contributed by atoms with Gasteiger partial charge in [0.25, 0.3) is 0 Å². The van der Waals surface area contributed by atoms with Crippen molar-refractivity contribution in [1.29, 1.82) is 0 Å². The fourth-order valence-corrected chi connectivity index (χ4v) is 7.66. The topological polar surface area (TPSA) is 79.4 Å². The average molecular weight is 524 g/mol. The summed E-state index contributed by atoms with van der Waals surface area (Å²) in [5.41, 5.74) is 1.83. The number of thiazole rings is 1. The number of aromatic nitrogens is 1. The highest BCUT2D eigenvalue weighted by Crippen LogP contribution is 2.31. The molecule has 5 rings (SSSR count). The molecular formula is C26H25N3O3S3. The van der Waals surface area contributed by atoms with E-state index in [4.69, 9.17) is 0 Å². The second-order valence-corrected chi connectivity index (χ2v) is 12.0. The molecule has 0 saturated carbocycles. The minimum absolute atomic E-state index is 0.106. The maximum Gasteiger partial charge on any atom is 0.244 e. The van der Waals surface area contributed by atoms with Gasteiger partial charge in [0.15, 0.2) is 5.13 Å². The monoisotopic (exact) mass is 523 g/mol. The fraction of sp³-hybridized carbons (Fsp3) is 0.231. The Morgan fingerprint density at radius 1 is 1.03 bits per heavy atom. The highest BCUT2D eigenvalue weighted by atomic mass is 32.2. The van der Waals surface area contributed by atoms with Crippen molar-refractivity contribution < 1.29 is 13.2 Å². The number of sulfonamides is 1. The number of rotatable bonds is 6. The molecule has 2 heterocycles. The van der Waals surface area contributed by atoms with Gasteiger partial charge in [-0.1, -0.05) is 48.5 Å². The zero-order valence-electron chi connectivity index (χ0n) is 19.2. The Kier molecular flexibility index (Phi) is 6.93. The van der Waals surface area contributed by atoms with Crippen LogP contribution < -0.4 is 5.32 Å². The van der Waals surface area contributed by atoms with Gasteiger partial charge in [-0.2, -0.15) is 4.31 Å². The van der Waals surface area contributed by atoms with Crippen molar-refractivity contribution in [3.63, 3.8) is 0 Å². The van der Waals surface area contributed by atoms with E-state index in [-0.39, 0.29) is 11.8 Å². The third-order valence-corrected chi connectivity index (χ3v) is 9.93. The molecule has 4 aromatic rings. The highest BCUT2D eigenvalue weighted by molar-refractivity contribution is 7.99. The second kappa shape index (κ2) is 10.1. The number of piperidine rings is 1. The number of hydrogen-bond acceptors (Lipinski definition) is 6. The molecule has 1 fully saturated rings. The number of nitrogens with one attached hydrogen (secondary N) is 1. The van der Waals surface area contributed by atoms with E-state index in [2.05, 4.69) is 34.6 Å². The van der Waals surface area contributed by atoms with E-state index in [0.29, 0.717) is 36.0 Å². The molecule has 9 heteroatoms. The molecule has 0 bridgehead atoms. The number of carbonyl (C=O) groups excluding carboxylic acids is 1. The van der Waals surface area contributed by atoms with Crippen LogP contribution in [0.5, 0.6) is 0 Å². The highest BCUT2D eigenvalue weighted by Gasteiger charge is 2.33. The van der Waals surface area contributed by atoms with Crippen LogP contribution >= 0.6 is 23.1 Å². The van der Waals surface area contributed by atoms with Gasteiger partial charge in [-0.05, 0) is 48.1 Å². The molecule has 3 aromatic carbocycles. The second-order valence-electron chi connectivity index (χ2n) is 8.42. The summed E-state index contributed by atoms with van der Waals surface area (Å²) >= 11 is 2.81. The summed E-state index contributed by atoms with van der Waals surface area (Å²) in [7, 11) is -3.59. The van der Waals surface area contributed by atoms with E-state index < -0.39 is 10.0 Å². The Morgan fingerprint density at radius 2 is 1.74 bits per heavy atom. The van der Waals surface area contributed by atoms with E-state index in [1.165, 1.54) is 32.8 Å². The summed E-state index contributed by atoms with van der Waals surface area (Å²) in [5.74, 6) is -0.351. The first-order chi connectivity index (χ1) is 17.0. The summed E-state index contributed by atoms with van der Waals surface area (Å²) in [5, 5.41) is 7.76. The van der Waals surface area contributed by atoms with Gasteiger partial charge in [0, 0.05) is 34.8 Å². The summed E-state index contributed by atoms with van der Waals surface area (Å²) in [4.78, 5) is 18.6. The molecule has 1 N–H and O–H groups in total. The number of benzene rings is 3. The first kappa shape index (κ1) is 24.0. The predicted octanol–water partition coefficient (Wildman–Crippen LogP) is 5.72. The van der Waals surface area contributed by atoms with Crippen LogP contribution in [0.3, 0.4) is 0 Å². The van der Waals surface area contributed by atoms with Crippen molar-refractivity contribution in [3.8, 4) is 11.3 Å². The molecule has 35 heavy (non-hydrogen) atoms. The maximum atomic E-state index is 13.2. The van der Waals surface area contributed by atoms with Gasteiger partial charge in [-0.15, -0.1) is 23.1 Å². The molecule has 0 spiro atoms. The maximum absolute atomic E-state index is 13.2. The molecule has 1 aromatic heterocycles. The summed E-state index contributed by atoms with van der Waals surface area (Å²) in [6, 6.07) is 21.4. The van der Waals surface area contributed by atoms with Gasteiger partial charge in [0.1, 0.15) is 0 Å². The molecule has 0 unspecified atom stereocenters. The molecule has 0 radical (unpaired) electrons. The van der Waals surface area contributed by atoms with Crippen molar-refractivity contribution in [2.45, 2.75) is 22.6 Å². The van der Waals surface area contributed by atoms with Gasteiger partial charge in [0.2, 0.25) is 15.9 Å². The van der Waals surface area contributed by atoms with Crippen LogP contribution in [-0.2, 0) is 14.8 Å². The largest absolute Gasteiger partial charge is 0.302 e. The minimum Gasteiger partial charge on any atom is -0.302 e. The Labute approximate surface area is 213 Å². The summed E-state index contributed by atoms with van der Waals surface area (Å²) in [6.07, 6.45) is 2.83. The molecule has 1 amide bonds. The van der Waals surface area contributed by atoms with Crippen LogP contribution in [0.1, 0.15) is 12.8 Å². The lowest BCUT2D eigenvalue weighted by molar-refractivity contribution is -0.120. The number of carbonyl (C=O) groups is 1. The van der Waals surface area contributed by atoms with Gasteiger partial charge >= 0.3 is 0 Å². The zero-order valence-corrected chi connectivity index (χ0v) is 21.6. The first-order valence-corrected chi connectivity index (χ1v) is 14.9. The molecule has 0 atom stereocenters. The van der Waals surface area contributed by atoms with Crippen LogP contribution in [0.2, 0.25) is 0 Å². The van der Waals surface area contributed by atoms with E-state index in [0.717, 1.165) is 21.5 Å². The fourth-order valence-electron chi connectivity index (χ4n) is 4.35. The third-order valence-electron chi connectivity index (χ3n) is 6.29. The number of thioether (sulfide) groups is 1. The van der Waals surface area contributed by atoms with Crippen LogP contribution in [0.25, 0.3) is 22.0 Å². The summed E-state index contributed by atoms with van der Waals surface area (Å²) in [6.45, 7) is 0.646. The average Bonchev–Trinajstić information content (AvgIpc) is 3.37. The van der Waals surface area contributed by atoms with Crippen molar-refractivity contribution in [2.24, 2.45) is 5.92 Å². The van der Waals surface area contributed by atoms with Crippen molar-refractivity contribution in [1.82, 2.24) is 9.29 Å².